The first-order chi connectivity index (χ1) is 14.5. The van der Waals surface area contributed by atoms with Crippen molar-refractivity contribution >= 4 is 17.8 Å². The highest BCUT2D eigenvalue weighted by Crippen LogP contribution is 2.25. The normalized spacial score (nSPS) is 10.6. The molecule has 0 radical (unpaired) electrons. The average Bonchev–Trinajstić information content (AvgIpc) is 2.77. The summed E-state index contributed by atoms with van der Waals surface area (Å²) in [7, 11) is 3.00. The lowest BCUT2D eigenvalue weighted by Gasteiger charge is -2.08. The Morgan fingerprint density at radius 2 is 1.63 bits per heavy atom. The summed E-state index contributed by atoms with van der Waals surface area (Å²) in [5, 5.41) is 0. The molecular formula is C24H19FO5. The molecule has 3 rings (SSSR count). The van der Waals surface area contributed by atoms with Crippen LogP contribution in [0.4, 0.5) is 4.39 Å². The predicted octanol–water partition coefficient (Wildman–Crippen LogP) is 4.96. The van der Waals surface area contributed by atoms with Crippen molar-refractivity contribution in [1.82, 2.24) is 0 Å². The van der Waals surface area contributed by atoms with Gasteiger partial charge in [-0.2, -0.15) is 0 Å². The highest BCUT2D eigenvalue weighted by atomic mass is 19.1. The van der Waals surface area contributed by atoms with Crippen molar-refractivity contribution < 1.29 is 28.2 Å². The summed E-state index contributed by atoms with van der Waals surface area (Å²) in [6.07, 6.45) is 2.98. The first-order valence-electron chi connectivity index (χ1n) is 9.03. The van der Waals surface area contributed by atoms with Crippen LogP contribution < -0.4 is 14.2 Å². The summed E-state index contributed by atoms with van der Waals surface area (Å²) >= 11 is 0. The molecule has 0 saturated carbocycles. The van der Waals surface area contributed by atoms with Gasteiger partial charge in [0.25, 0.3) is 0 Å². The van der Waals surface area contributed by atoms with E-state index in [9.17, 15) is 14.0 Å². The number of carbonyl (C=O) groups is 2. The Hall–Kier alpha value is -3.93. The van der Waals surface area contributed by atoms with Crippen molar-refractivity contribution in [2.75, 3.05) is 14.2 Å². The number of ether oxygens (including phenoxy) is 3. The summed E-state index contributed by atoms with van der Waals surface area (Å²) in [6.45, 7) is 0. The van der Waals surface area contributed by atoms with E-state index >= 15 is 0 Å². The van der Waals surface area contributed by atoms with Crippen molar-refractivity contribution in [2.45, 2.75) is 0 Å². The van der Waals surface area contributed by atoms with Gasteiger partial charge in [0.05, 0.1) is 25.3 Å². The van der Waals surface area contributed by atoms with Crippen LogP contribution in [0.15, 0.2) is 72.8 Å². The van der Waals surface area contributed by atoms with Crippen molar-refractivity contribution in [3.8, 4) is 17.2 Å². The van der Waals surface area contributed by atoms with Crippen LogP contribution in [0.5, 0.6) is 17.2 Å². The molecule has 0 aliphatic heterocycles. The Labute approximate surface area is 173 Å². The molecule has 30 heavy (non-hydrogen) atoms. The van der Waals surface area contributed by atoms with Gasteiger partial charge in [0.15, 0.2) is 5.78 Å². The van der Waals surface area contributed by atoms with Gasteiger partial charge in [0, 0.05) is 6.07 Å². The molecule has 3 aromatic carbocycles. The van der Waals surface area contributed by atoms with E-state index in [-0.39, 0.29) is 17.1 Å². The fourth-order valence-electron chi connectivity index (χ4n) is 2.73. The zero-order chi connectivity index (χ0) is 21.5. The SMILES string of the molecule is COc1ccc(C(=O)C=Cc2cccc(OC(=O)c3ccccc3F)c2)c(OC)c1. The summed E-state index contributed by atoms with van der Waals surface area (Å²) in [4.78, 5) is 24.7. The van der Waals surface area contributed by atoms with Crippen LogP contribution in [0.3, 0.4) is 0 Å². The van der Waals surface area contributed by atoms with Crippen molar-refractivity contribution in [3.63, 3.8) is 0 Å². The number of hydrogen-bond donors (Lipinski definition) is 0. The van der Waals surface area contributed by atoms with Crippen molar-refractivity contribution in [1.29, 1.82) is 0 Å². The molecule has 0 saturated heterocycles. The maximum absolute atomic E-state index is 13.7. The summed E-state index contributed by atoms with van der Waals surface area (Å²) in [5.74, 6) is -0.498. The molecule has 0 fully saturated rings. The third-order valence-corrected chi connectivity index (χ3v) is 4.26. The fraction of sp³-hybridized carbons (Fsp3) is 0.0833. The van der Waals surface area contributed by atoms with E-state index < -0.39 is 11.8 Å². The van der Waals surface area contributed by atoms with Crippen LogP contribution in [0.25, 0.3) is 6.08 Å². The minimum atomic E-state index is -0.798. The molecule has 0 spiro atoms. The Balaban J connectivity index is 1.75. The van der Waals surface area contributed by atoms with Crippen LogP contribution in [-0.2, 0) is 0 Å². The van der Waals surface area contributed by atoms with Gasteiger partial charge in [-0.25, -0.2) is 9.18 Å². The van der Waals surface area contributed by atoms with Gasteiger partial charge in [-0.05, 0) is 48.0 Å². The van der Waals surface area contributed by atoms with Crippen molar-refractivity contribution in [3.05, 3.63) is 95.3 Å². The Bertz CT molecular complexity index is 1100. The number of halogens is 1. The van der Waals surface area contributed by atoms with Gasteiger partial charge in [0.2, 0.25) is 0 Å². The predicted molar refractivity (Wildman–Crippen MR) is 111 cm³/mol. The van der Waals surface area contributed by atoms with Crippen LogP contribution in [0.1, 0.15) is 26.3 Å². The quantitative estimate of drug-likeness (QED) is 0.240. The highest BCUT2D eigenvalue weighted by Gasteiger charge is 2.14. The minimum absolute atomic E-state index is 0.153. The van der Waals surface area contributed by atoms with E-state index in [1.807, 2.05) is 0 Å². The highest BCUT2D eigenvalue weighted by molar-refractivity contribution is 6.08. The van der Waals surface area contributed by atoms with Crippen LogP contribution in [0, 0.1) is 5.82 Å². The molecule has 3 aromatic rings. The van der Waals surface area contributed by atoms with E-state index in [2.05, 4.69) is 0 Å². The maximum Gasteiger partial charge on any atom is 0.346 e. The smallest absolute Gasteiger partial charge is 0.346 e. The Morgan fingerprint density at radius 1 is 0.833 bits per heavy atom. The van der Waals surface area contributed by atoms with E-state index in [4.69, 9.17) is 14.2 Å². The zero-order valence-corrected chi connectivity index (χ0v) is 16.4. The average molecular weight is 406 g/mol. The lowest BCUT2D eigenvalue weighted by atomic mass is 10.1. The number of ketones is 1. The molecule has 0 aliphatic rings. The number of rotatable bonds is 7. The topological polar surface area (TPSA) is 61.8 Å². The van der Waals surface area contributed by atoms with Crippen LogP contribution in [-0.4, -0.2) is 26.0 Å². The van der Waals surface area contributed by atoms with E-state index in [0.717, 1.165) is 0 Å². The number of methoxy groups -OCH3 is 2. The zero-order valence-electron chi connectivity index (χ0n) is 16.4. The maximum atomic E-state index is 13.7. The molecule has 5 nitrogen and oxygen atoms in total. The molecule has 0 aromatic heterocycles. The molecule has 152 valence electrons. The number of benzene rings is 3. The van der Waals surface area contributed by atoms with Gasteiger partial charge in [-0.15, -0.1) is 0 Å². The third-order valence-electron chi connectivity index (χ3n) is 4.26. The Kier molecular flexibility index (Phi) is 6.60. The lowest BCUT2D eigenvalue weighted by Crippen LogP contribution is -2.10. The van der Waals surface area contributed by atoms with Crippen LogP contribution in [0.2, 0.25) is 0 Å². The molecule has 0 atom stereocenters. The summed E-state index contributed by atoms with van der Waals surface area (Å²) < 4.78 is 29.4. The monoisotopic (exact) mass is 406 g/mol. The lowest BCUT2D eigenvalue weighted by molar-refractivity contribution is 0.0729. The molecule has 0 heterocycles. The number of esters is 1. The van der Waals surface area contributed by atoms with Gasteiger partial charge < -0.3 is 14.2 Å². The second-order valence-electron chi connectivity index (χ2n) is 6.21. The molecule has 0 amide bonds. The van der Waals surface area contributed by atoms with Crippen molar-refractivity contribution in [2.24, 2.45) is 0 Å². The number of hydrogen-bond acceptors (Lipinski definition) is 5. The molecule has 0 bridgehead atoms. The van der Waals surface area contributed by atoms with Gasteiger partial charge in [-0.1, -0.05) is 30.3 Å². The number of allylic oxidation sites excluding steroid dienone is 1. The van der Waals surface area contributed by atoms with Gasteiger partial charge >= 0.3 is 5.97 Å². The van der Waals surface area contributed by atoms with E-state index in [1.54, 1.807) is 54.6 Å². The molecule has 6 heteroatoms. The second kappa shape index (κ2) is 9.52. The largest absolute Gasteiger partial charge is 0.497 e. The molecule has 0 unspecified atom stereocenters. The fourth-order valence-corrected chi connectivity index (χ4v) is 2.73. The minimum Gasteiger partial charge on any atom is -0.497 e. The molecule has 0 N–H and O–H groups in total. The standard InChI is InChI=1S/C24H19FO5/c1-28-17-11-12-20(23(15-17)29-2)22(26)13-10-16-6-5-7-18(14-16)30-24(27)19-8-3-4-9-21(19)25/h3-15H,1-2H3. The first-order valence-corrected chi connectivity index (χ1v) is 9.03. The summed E-state index contributed by atoms with van der Waals surface area (Å²) in [5.41, 5.74) is 0.867. The third kappa shape index (κ3) is 4.91. The van der Waals surface area contributed by atoms with Gasteiger partial charge in [0.1, 0.15) is 23.1 Å². The van der Waals surface area contributed by atoms with Crippen LogP contribution >= 0.6 is 0 Å². The summed E-state index contributed by atoms with van der Waals surface area (Å²) in [6, 6.07) is 17.1. The molecular weight excluding hydrogens is 387 g/mol. The second-order valence-corrected chi connectivity index (χ2v) is 6.21. The molecule has 0 aliphatic carbocycles. The van der Waals surface area contributed by atoms with E-state index in [0.29, 0.717) is 22.6 Å². The number of carbonyl (C=O) groups excluding carboxylic acids is 2. The van der Waals surface area contributed by atoms with Gasteiger partial charge in [-0.3, -0.25) is 4.79 Å². The van der Waals surface area contributed by atoms with E-state index in [1.165, 1.54) is 38.5 Å². The Morgan fingerprint density at radius 3 is 2.37 bits per heavy atom. The first kappa shape index (κ1) is 20.8.